The molecule has 0 bridgehead atoms. The summed E-state index contributed by atoms with van der Waals surface area (Å²) in [6.07, 6.45) is 2.09. The highest BCUT2D eigenvalue weighted by molar-refractivity contribution is 5.96. The van der Waals surface area contributed by atoms with Gasteiger partial charge in [-0.15, -0.1) is 0 Å². The molecule has 0 aliphatic carbocycles. The molecule has 1 saturated heterocycles. The van der Waals surface area contributed by atoms with Crippen molar-refractivity contribution in [2.75, 3.05) is 13.2 Å². The zero-order valence-corrected chi connectivity index (χ0v) is 10.0. The van der Waals surface area contributed by atoms with Crippen molar-refractivity contribution in [3.63, 3.8) is 0 Å². The van der Waals surface area contributed by atoms with E-state index >= 15 is 0 Å². The van der Waals surface area contributed by atoms with E-state index in [1.165, 1.54) is 0 Å². The van der Waals surface area contributed by atoms with Gasteiger partial charge in [0.25, 0.3) is 5.91 Å². The Labute approximate surface area is 111 Å². The van der Waals surface area contributed by atoms with Crippen molar-refractivity contribution in [1.29, 1.82) is 0 Å². The van der Waals surface area contributed by atoms with E-state index in [4.69, 9.17) is 4.74 Å². The number of fused-ring (bicyclic) bond motifs is 2. The Bertz CT molecular complexity index is 579. The van der Waals surface area contributed by atoms with E-state index in [1.54, 1.807) is 22.6 Å². The average Bonchev–Trinajstić information content (AvgIpc) is 2.36. The number of aromatic nitrogens is 1. The van der Waals surface area contributed by atoms with Crippen LogP contribution < -0.4 is 5.43 Å². The summed E-state index contributed by atoms with van der Waals surface area (Å²) in [5.41, 5.74) is 0.0200. The van der Waals surface area contributed by atoms with Gasteiger partial charge >= 0.3 is 0 Å². The summed E-state index contributed by atoms with van der Waals surface area (Å²) in [5.74, 6) is -0.787. The Hall–Kier alpha value is -1.82. The summed E-state index contributed by atoms with van der Waals surface area (Å²) in [5, 5.41) is 9.86. The molecule has 6 nitrogen and oxygen atoms in total. The van der Waals surface area contributed by atoms with Crippen molar-refractivity contribution < 1.29 is 14.6 Å². The second-order valence-electron chi connectivity index (χ2n) is 4.67. The minimum absolute atomic E-state index is 0. The van der Waals surface area contributed by atoms with Gasteiger partial charge in [-0.2, -0.15) is 0 Å². The van der Waals surface area contributed by atoms with Gasteiger partial charge in [-0.3, -0.25) is 9.59 Å². The quantitative estimate of drug-likeness (QED) is 0.750. The van der Waals surface area contributed by atoms with Crippen LogP contribution in [0.3, 0.4) is 0 Å². The molecule has 104 valence electrons. The van der Waals surface area contributed by atoms with Crippen LogP contribution in [-0.4, -0.2) is 39.9 Å². The maximum Gasteiger partial charge on any atom is 0.276 e. The monoisotopic (exact) mass is 266 g/mol. The molecule has 0 saturated carbocycles. The number of nitrogens with zero attached hydrogens (tertiary/aromatic N) is 2. The first-order chi connectivity index (χ1) is 8.59. The zero-order valence-electron chi connectivity index (χ0n) is 10.0. The summed E-state index contributed by atoms with van der Waals surface area (Å²) in [6.45, 7) is 3.31. The van der Waals surface area contributed by atoms with Crippen molar-refractivity contribution in [3.8, 4) is 5.75 Å². The summed E-state index contributed by atoms with van der Waals surface area (Å²) in [7, 11) is 0. The molecule has 1 unspecified atom stereocenters. The standard InChI is InChI=1S/C12H14N2O4.CH4/c1-7-5-13-6-8-14(3-2-4-18-8)12(17)9(13)11(16)10(7)15;/h5,8,16H,2-4,6H2,1H3;1H4. The SMILES string of the molecule is C.Cc1cn2c(c(O)c1=O)C(=O)N1CCCOC1C2. The third kappa shape index (κ3) is 1.92. The number of carbonyl (C=O) groups excluding carboxylic acids is 1. The smallest absolute Gasteiger partial charge is 0.276 e. The molecule has 6 heteroatoms. The lowest BCUT2D eigenvalue weighted by Crippen LogP contribution is -2.53. The van der Waals surface area contributed by atoms with E-state index in [9.17, 15) is 14.7 Å². The zero-order chi connectivity index (χ0) is 12.9. The van der Waals surface area contributed by atoms with E-state index < -0.39 is 11.2 Å². The van der Waals surface area contributed by atoms with Gasteiger partial charge in [0.2, 0.25) is 5.43 Å². The van der Waals surface area contributed by atoms with Crippen LogP contribution in [-0.2, 0) is 11.3 Å². The number of aromatic hydroxyl groups is 1. The average molecular weight is 266 g/mol. The van der Waals surface area contributed by atoms with Gasteiger partial charge in [0.15, 0.2) is 17.7 Å². The third-order valence-electron chi connectivity index (χ3n) is 3.45. The maximum atomic E-state index is 12.3. The molecule has 2 aliphatic heterocycles. The van der Waals surface area contributed by atoms with E-state index in [1.807, 2.05) is 0 Å². The molecule has 0 aromatic carbocycles. The third-order valence-corrected chi connectivity index (χ3v) is 3.45. The van der Waals surface area contributed by atoms with Gasteiger partial charge in [-0.05, 0) is 13.3 Å². The van der Waals surface area contributed by atoms with Crippen molar-refractivity contribution in [1.82, 2.24) is 9.47 Å². The first kappa shape index (κ1) is 13.6. The molecule has 1 fully saturated rings. The second kappa shape index (κ2) is 4.70. The highest BCUT2D eigenvalue weighted by atomic mass is 16.5. The molecule has 0 radical (unpaired) electrons. The van der Waals surface area contributed by atoms with Crippen LogP contribution in [0.1, 0.15) is 29.9 Å². The van der Waals surface area contributed by atoms with E-state index in [0.29, 0.717) is 25.3 Å². The second-order valence-corrected chi connectivity index (χ2v) is 4.67. The Kier molecular flexibility index (Phi) is 3.36. The molecular formula is C13H18N2O4. The van der Waals surface area contributed by atoms with Crippen LogP contribution in [0.4, 0.5) is 0 Å². The summed E-state index contributed by atoms with van der Waals surface area (Å²) >= 11 is 0. The number of rotatable bonds is 0. The van der Waals surface area contributed by atoms with Crippen LogP contribution in [0, 0.1) is 6.92 Å². The van der Waals surface area contributed by atoms with Crippen LogP contribution in [0.2, 0.25) is 0 Å². The van der Waals surface area contributed by atoms with Crippen LogP contribution in [0.15, 0.2) is 11.0 Å². The molecule has 2 aliphatic rings. The van der Waals surface area contributed by atoms with Crippen molar-refractivity contribution in [3.05, 3.63) is 27.7 Å². The number of ether oxygens (including phenoxy) is 1. The summed E-state index contributed by atoms with van der Waals surface area (Å²) in [4.78, 5) is 25.5. The highest BCUT2D eigenvalue weighted by Gasteiger charge is 2.37. The molecule has 1 aromatic heterocycles. The number of pyridine rings is 1. The number of carbonyl (C=O) groups is 1. The summed E-state index contributed by atoms with van der Waals surface area (Å²) < 4.78 is 7.16. The van der Waals surface area contributed by atoms with E-state index in [2.05, 4.69) is 0 Å². The molecule has 3 heterocycles. The lowest BCUT2D eigenvalue weighted by molar-refractivity contribution is -0.0919. The number of amides is 1. The molecule has 1 amide bonds. The Balaban J connectivity index is 0.00000133. The minimum atomic E-state index is -0.481. The lowest BCUT2D eigenvalue weighted by atomic mass is 10.1. The fraction of sp³-hybridized carbons (Fsp3) is 0.538. The summed E-state index contributed by atoms with van der Waals surface area (Å²) in [6, 6.07) is 0. The van der Waals surface area contributed by atoms with Crippen molar-refractivity contribution in [2.24, 2.45) is 0 Å². The van der Waals surface area contributed by atoms with E-state index in [0.717, 1.165) is 6.42 Å². The fourth-order valence-corrected chi connectivity index (χ4v) is 2.53. The van der Waals surface area contributed by atoms with Gasteiger partial charge in [-0.25, -0.2) is 0 Å². The lowest BCUT2D eigenvalue weighted by Gasteiger charge is -2.40. The molecule has 1 atom stereocenters. The topological polar surface area (TPSA) is 71.8 Å². The predicted octanol–water partition coefficient (Wildman–Crippen LogP) is 0.701. The molecular weight excluding hydrogens is 248 g/mol. The molecule has 1 aromatic rings. The first-order valence-electron chi connectivity index (χ1n) is 5.95. The van der Waals surface area contributed by atoms with Gasteiger partial charge in [0.05, 0.1) is 13.2 Å². The van der Waals surface area contributed by atoms with Crippen LogP contribution >= 0.6 is 0 Å². The Morgan fingerprint density at radius 3 is 2.89 bits per heavy atom. The normalized spacial score (nSPS) is 21.4. The first-order valence-corrected chi connectivity index (χ1v) is 5.95. The van der Waals surface area contributed by atoms with Gasteiger partial charge < -0.3 is 19.3 Å². The van der Waals surface area contributed by atoms with Gasteiger partial charge in [0, 0.05) is 18.3 Å². The predicted molar refractivity (Wildman–Crippen MR) is 69.2 cm³/mol. The number of hydrogen-bond donors (Lipinski definition) is 1. The Morgan fingerprint density at radius 2 is 2.16 bits per heavy atom. The van der Waals surface area contributed by atoms with Crippen LogP contribution in [0.5, 0.6) is 5.75 Å². The van der Waals surface area contributed by atoms with Crippen molar-refractivity contribution in [2.45, 2.75) is 33.5 Å². The van der Waals surface area contributed by atoms with Gasteiger partial charge in [0.1, 0.15) is 0 Å². The fourth-order valence-electron chi connectivity index (χ4n) is 2.53. The molecule has 3 rings (SSSR count). The molecule has 0 spiro atoms. The van der Waals surface area contributed by atoms with E-state index in [-0.39, 0.29) is 25.3 Å². The molecule has 19 heavy (non-hydrogen) atoms. The number of hydrogen-bond acceptors (Lipinski definition) is 4. The minimum Gasteiger partial charge on any atom is -0.503 e. The maximum absolute atomic E-state index is 12.3. The molecule has 1 N–H and O–H groups in total. The van der Waals surface area contributed by atoms with Crippen molar-refractivity contribution >= 4 is 5.91 Å². The highest BCUT2D eigenvalue weighted by Crippen LogP contribution is 2.25. The van der Waals surface area contributed by atoms with Crippen LogP contribution in [0.25, 0.3) is 0 Å². The van der Waals surface area contributed by atoms with Gasteiger partial charge in [-0.1, -0.05) is 7.43 Å². The largest absolute Gasteiger partial charge is 0.503 e. The number of aryl methyl sites for hydroxylation is 1. The Morgan fingerprint density at radius 1 is 1.42 bits per heavy atom.